The van der Waals surface area contributed by atoms with Gasteiger partial charge in [-0.1, -0.05) is 30.3 Å². The van der Waals surface area contributed by atoms with Gasteiger partial charge in [0.1, 0.15) is 5.01 Å². The van der Waals surface area contributed by atoms with Crippen LogP contribution in [0.1, 0.15) is 11.4 Å². The molecule has 0 aliphatic rings. The van der Waals surface area contributed by atoms with Crippen molar-refractivity contribution in [3.8, 4) is 26.8 Å². The molecule has 5 nitrogen and oxygen atoms in total. The first-order chi connectivity index (χ1) is 14.5. The van der Waals surface area contributed by atoms with Crippen molar-refractivity contribution in [1.29, 1.82) is 0 Å². The number of sulfone groups is 1. The Kier molecular flexibility index (Phi) is 5.22. The zero-order chi connectivity index (χ0) is 22.4. The number of hydrogen-bond acceptors (Lipinski definition) is 5. The third-order valence-corrected chi connectivity index (χ3v) is 6.92. The van der Waals surface area contributed by atoms with Crippen molar-refractivity contribution in [2.45, 2.75) is 18.0 Å². The van der Waals surface area contributed by atoms with Crippen molar-refractivity contribution < 1.29 is 21.6 Å². The second-order valence-electron chi connectivity index (χ2n) is 6.89. The minimum atomic E-state index is -4.63. The van der Waals surface area contributed by atoms with Gasteiger partial charge in [0.2, 0.25) is 0 Å². The number of thiazole rings is 1. The highest BCUT2D eigenvalue weighted by Crippen LogP contribution is 2.39. The van der Waals surface area contributed by atoms with Crippen LogP contribution < -0.4 is 0 Å². The van der Waals surface area contributed by atoms with Crippen molar-refractivity contribution in [3.05, 3.63) is 72.1 Å². The van der Waals surface area contributed by atoms with Crippen LogP contribution in [-0.4, -0.2) is 29.4 Å². The average molecular weight is 464 g/mol. The Labute approximate surface area is 180 Å². The van der Waals surface area contributed by atoms with E-state index in [1.165, 1.54) is 40.3 Å². The zero-order valence-electron chi connectivity index (χ0n) is 16.4. The normalized spacial score (nSPS) is 12.3. The Hall–Kier alpha value is -2.98. The van der Waals surface area contributed by atoms with Gasteiger partial charge >= 0.3 is 6.18 Å². The van der Waals surface area contributed by atoms with E-state index in [2.05, 4.69) is 10.1 Å². The summed E-state index contributed by atoms with van der Waals surface area (Å²) in [6.07, 6.45) is -3.57. The summed E-state index contributed by atoms with van der Waals surface area (Å²) in [6, 6.07) is 15.9. The molecule has 0 aliphatic carbocycles. The number of nitrogens with zero attached hydrogens (tertiary/aromatic N) is 3. The van der Waals surface area contributed by atoms with Crippen LogP contribution in [0.5, 0.6) is 0 Å². The van der Waals surface area contributed by atoms with Crippen LogP contribution >= 0.6 is 11.3 Å². The summed E-state index contributed by atoms with van der Waals surface area (Å²) in [6.45, 7) is 1.73. The number of rotatable bonds is 4. The van der Waals surface area contributed by atoms with Gasteiger partial charge in [-0.25, -0.2) is 18.1 Å². The Morgan fingerprint density at radius 2 is 1.65 bits per heavy atom. The van der Waals surface area contributed by atoms with E-state index in [1.807, 2.05) is 30.3 Å². The van der Waals surface area contributed by atoms with Gasteiger partial charge in [-0.3, -0.25) is 0 Å². The molecule has 0 bridgehead atoms. The lowest BCUT2D eigenvalue weighted by Crippen LogP contribution is -2.07. The van der Waals surface area contributed by atoms with Crippen molar-refractivity contribution >= 4 is 21.2 Å². The molecule has 160 valence electrons. The number of hydrogen-bond donors (Lipinski definition) is 0. The molecule has 0 N–H and O–H groups in total. The van der Waals surface area contributed by atoms with Gasteiger partial charge in [0.05, 0.1) is 26.8 Å². The molecule has 10 heteroatoms. The number of halogens is 3. The van der Waals surface area contributed by atoms with Gasteiger partial charge in [0.15, 0.2) is 15.5 Å². The van der Waals surface area contributed by atoms with E-state index < -0.39 is 21.7 Å². The Bertz CT molecular complexity index is 1340. The number of alkyl halides is 3. The second kappa shape index (κ2) is 7.61. The summed E-state index contributed by atoms with van der Waals surface area (Å²) in [4.78, 5) is 5.15. The molecule has 0 fully saturated rings. The second-order valence-corrected chi connectivity index (χ2v) is 9.90. The molecule has 0 saturated heterocycles. The van der Waals surface area contributed by atoms with Crippen LogP contribution in [-0.2, 0) is 16.0 Å². The van der Waals surface area contributed by atoms with Crippen molar-refractivity contribution in [2.24, 2.45) is 0 Å². The number of aromatic nitrogens is 3. The monoisotopic (exact) mass is 463 g/mol. The van der Waals surface area contributed by atoms with E-state index in [1.54, 1.807) is 6.92 Å². The fourth-order valence-electron chi connectivity index (χ4n) is 3.05. The maximum atomic E-state index is 13.4. The van der Waals surface area contributed by atoms with E-state index >= 15 is 0 Å². The van der Waals surface area contributed by atoms with E-state index in [0.29, 0.717) is 21.3 Å². The summed E-state index contributed by atoms with van der Waals surface area (Å²) in [5.74, 6) is 0. The van der Waals surface area contributed by atoms with Crippen molar-refractivity contribution in [3.63, 3.8) is 0 Å². The van der Waals surface area contributed by atoms with E-state index in [0.717, 1.165) is 17.9 Å². The summed E-state index contributed by atoms with van der Waals surface area (Å²) in [7, 11) is -3.43. The number of benzene rings is 2. The molecule has 0 aliphatic heterocycles. The molecule has 31 heavy (non-hydrogen) atoms. The quantitative estimate of drug-likeness (QED) is 0.407. The Morgan fingerprint density at radius 3 is 2.23 bits per heavy atom. The fraction of sp³-hybridized carbons (Fsp3) is 0.143. The molecule has 0 amide bonds. The predicted molar refractivity (Wildman–Crippen MR) is 113 cm³/mol. The van der Waals surface area contributed by atoms with E-state index in [9.17, 15) is 21.6 Å². The first-order valence-corrected chi connectivity index (χ1v) is 11.8. The summed E-state index contributed by atoms with van der Waals surface area (Å²) in [5.41, 5.74) is 0.945. The third kappa shape index (κ3) is 4.26. The first kappa shape index (κ1) is 21.3. The lowest BCUT2D eigenvalue weighted by atomic mass is 10.2. The van der Waals surface area contributed by atoms with Crippen LogP contribution in [0.15, 0.2) is 65.6 Å². The molecule has 0 atom stereocenters. The van der Waals surface area contributed by atoms with E-state index in [4.69, 9.17) is 0 Å². The highest BCUT2D eigenvalue weighted by atomic mass is 32.2. The van der Waals surface area contributed by atoms with Crippen LogP contribution in [0.25, 0.3) is 26.8 Å². The molecule has 2 aromatic carbocycles. The maximum absolute atomic E-state index is 13.4. The fourth-order valence-corrected chi connectivity index (χ4v) is 4.75. The van der Waals surface area contributed by atoms with Crippen molar-refractivity contribution in [2.75, 3.05) is 6.26 Å². The molecule has 2 heterocycles. The van der Waals surface area contributed by atoms with Gasteiger partial charge in [0, 0.05) is 11.8 Å². The minimum absolute atomic E-state index is 0.0707. The SMILES string of the molecule is Cc1nc(-c2ccccc2)sc1-c1cc(C(F)(F)F)nn1-c1ccc(S(C)(=O)=O)cc1. The van der Waals surface area contributed by atoms with Gasteiger partial charge in [-0.15, -0.1) is 11.3 Å². The summed E-state index contributed by atoms with van der Waals surface area (Å²) < 4.78 is 64.9. The molecule has 4 aromatic rings. The molecule has 0 unspecified atom stereocenters. The van der Waals surface area contributed by atoms with Gasteiger partial charge < -0.3 is 0 Å². The largest absolute Gasteiger partial charge is 0.435 e. The zero-order valence-corrected chi connectivity index (χ0v) is 18.0. The Morgan fingerprint density at radius 1 is 1.00 bits per heavy atom. The van der Waals surface area contributed by atoms with Gasteiger partial charge in [-0.2, -0.15) is 18.3 Å². The summed E-state index contributed by atoms with van der Waals surface area (Å²) >= 11 is 1.27. The van der Waals surface area contributed by atoms with Crippen LogP contribution in [0.2, 0.25) is 0 Å². The average Bonchev–Trinajstić information content (AvgIpc) is 3.32. The molecule has 0 radical (unpaired) electrons. The van der Waals surface area contributed by atoms with Crippen LogP contribution in [0, 0.1) is 6.92 Å². The molecule has 2 aromatic heterocycles. The molecule has 4 rings (SSSR count). The van der Waals surface area contributed by atoms with E-state index in [-0.39, 0.29) is 10.6 Å². The topological polar surface area (TPSA) is 64.8 Å². The van der Waals surface area contributed by atoms with Gasteiger partial charge in [0.25, 0.3) is 0 Å². The van der Waals surface area contributed by atoms with Crippen LogP contribution in [0.4, 0.5) is 13.2 Å². The minimum Gasteiger partial charge on any atom is -0.241 e. The predicted octanol–water partition coefficient (Wildman–Crippen LogP) is 5.39. The standard InChI is InChI=1S/C21H16F3N3O2S2/c1-13-19(30-20(25-13)14-6-4-3-5-7-14)17-12-18(21(22,23)24)26-27(17)15-8-10-16(11-9-15)31(2,28)29/h3-12H,1-2H3. The maximum Gasteiger partial charge on any atom is 0.435 e. The highest BCUT2D eigenvalue weighted by molar-refractivity contribution is 7.90. The Balaban J connectivity index is 1.87. The smallest absolute Gasteiger partial charge is 0.241 e. The summed E-state index contributed by atoms with van der Waals surface area (Å²) in [5, 5.41) is 4.45. The molecular weight excluding hydrogens is 447 g/mol. The first-order valence-electron chi connectivity index (χ1n) is 9.05. The molecule has 0 saturated carbocycles. The molecule has 0 spiro atoms. The van der Waals surface area contributed by atoms with Crippen LogP contribution in [0.3, 0.4) is 0 Å². The number of aryl methyl sites for hydroxylation is 1. The highest BCUT2D eigenvalue weighted by Gasteiger charge is 2.36. The molecular formula is C21H16F3N3O2S2. The van der Waals surface area contributed by atoms with Gasteiger partial charge in [-0.05, 0) is 37.3 Å². The lowest BCUT2D eigenvalue weighted by molar-refractivity contribution is -0.141. The van der Waals surface area contributed by atoms with Crippen molar-refractivity contribution in [1.82, 2.24) is 14.8 Å². The third-order valence-electron chi connectivity index (χ3n) is 4.56. The lowest BCUT2D eigenvalue weighted by Gasteiger charge is -2.07.